The number of fused-ring (bicyclic) bond motifs is 1. The molecule has 0 aliphatic heterocycles. The summed E-state index contributed by atoms with van der Waals surface area (Å²) in [6, 6.07) is 2.16. The smallest absolute Gasteiger partial charge is 0.232 e. The van der Waals surface area contributed by atoms with Crippen molar-refractivity contribution in [1.82, 2.24) is 24.7 Å². The fraction of sp³-hybridized carbons (Fsp3) is 0.438. The molecule has 0 aromatic carbocycles. The Kier molecular flexibility index (Phi) is 3.61. The lowest BCUT2D eigenvalue weighted by molar-refractivity contribution is 0.0426. The van der Waals surface area contributed by atoms with Crippen molar-refractivity contribution in [3.8, 4) is 5.88 Å². The Labute approximate surface area is 138 Å². The first-order valence-electron chi connectivity index (χ1n) is 8.12. The maximum Gasteiger partial charge on any atom is 0.232 e. The molecule has 8 heteroatoms. The largest absolute Gasteiger partial charge is 0.477 e. The number of hydrogen-bond donors (Lipinski definition) is 3. The molecule has 1 saturated carbocycles. The van der Waals surface area contributed by atoms with Gasteiger partial charge in [0.15, 0.2) is 0 Å². The number of aliphatic hydroxyl groups excluding tert-OH is 1. The van der Waals surface area contributed by atoms with Crippen molar-refractivity contribution in [3.05, 3.63) is 24.2 Å². The van der Waals surface area contributed by atoms with E-state index in [1.807, 2.05) is 30.8 Å². The van der Waals surface area contributed by atoms with Crippen molar-refractivity contribution in [1.29, 1.82) is 0 Å². The number of nitrogens with zero attached hydrogens (tertiary/aromatic N) is 4. The number of H-pyrrole nitrogens is 1. The van der Waals surface area contributed by atoms with Crippen LogP contribution >= 0.6 is 0 Å². The number of rotatable bonds is 5. The first kappa shape index (κ1) is 14.9. The van der Waals surface area contributed by atoms with Gasteiger partial charge in [0.05, 0.1) is 41.7 Å². The van der Waals surface area contributed by atoms with E-state index in [9.17, 15) is 5.11 Å². The van der Waals surface area contributed by atoms with Crippen LogP contribution in [0.1, 0.15) is 31.5 Å². The summed E-state index contributed by atoms with van der Waals surface area (Å²) in [7, 11) is 0. The van der Waals surface area contributed by atoms with E-state index in [0.29, 0.717) is 18.4 Å². The van der Waals surface area contributed by atoms with Gasteiger partial charge in [-0.2, -0.15) is 15.1 Å². The summed E-state index contributed by atoms with van der Waals surface area (Å²) < 4.78 is 7.56. The molecule has 3 aromatic heterocycles. The fourth-order valence-electron chi connectivity index (χ4n) is 3.01. The number of aliphatic hydroxyl groups is 1. The van der Waals surface area contributed by atoms with Crippen LogP contribution in [0.25, 0.3) is 11.0 Å². The number of hydrogen-bond acceptors (Lipinski definition) is 6. The van der Waals surface area contributed by atoms with Gasteiger partial charge < -0.3 is 20.1 Å². The predicted octanol–water partition coefficient (Wildman–Crippen LogP) is 2.30. The topological polar surface area (TPSA) is 101 Å². The second kappa shape index (κ2) is 5.79. The monoisotopic (exact) mass is 328 g/mol. The van der Waals surface area contributed by atoms with Gasteiger partial charge in [0.1, 0.15) is 5.65 Å². The first-order valence-corrected chi connectivity index (χ1v) is 8.12. The minimum Gasteiger partial charge on any atom is -0.477 e. The second-order valence-corrected chi connectivity index (χ2v) is 6.02. The Bertz CT molecular complexity index is 865. The molecular weight excluding hydrogens is 308 g/mol. The van der Waals surface area contributed by atoms with Crippen LogP contribution in [-0.4, -0.2) is 42.5 Å². The lowest BCUT2D eigenvalue weighted by Gasteiger charge is -2.32. The molecule has 3 aromatic rings. The molecule has 3 N–H and O–H groups in total. The van der Waals surface area contributed by atoms with Gasteiger partial charge in [-0.15, -0.1) is 0 Å². The van der Waals surface area contributed by atoms with Gasteiger partial charge in [-0.25, -0.2) is 0 Å². The van der Waals surface area contributed by atoms with Crippen molar-refractivity contribution in [2.24, 2.45) is 0 Å². The van der Waals surface area contributed by atoms with E-state index in [0.717, 1.165) is 35.3 Å². The highest BCUT2D eigenvalue weighted by Crippen LogP contribution is 2.34. The summed E-state index contributed by atoms with van der Waals surface area (Å²) in [6.45, 7) is 4.46. The normalized spacial score (nSPS) is 20.1. The van der Waals surface area contributed by atoms with E-state index >= 15 is 0 Å². The number of aromatic amines is 1. The van der Waals surface area contributed by atoms with Gasteiger partial charge in [-0.05, 0) is 32.8 Å². The molecule has 126 valence electrons. The number of nitrogens with one attached hydrogen (secondary N) is 2. The molecule has 0 radical (unpaired) electrons. The average Bonchev–Trinajstić information content (AvgIpc) is 3.13. The highest BCUT2D eigenvalue weighted by atomic mass is 16.5. The molecule has 0 unspecified atom stereocenters. The van der Waals surface area contributed by atoms with Gasteiger partial charge in [0.25, 0.3) is 0 Å². The second-order valence-electron chi connectivity index (χ2n) is 6.02. The quantitative estimate of drug-likeness (QED) is 0.664. The van der Waals surface area contributed by atoms with Crippen LogP contribution in [0.2, 0.25) is 0 Å². The summed E-state index contributed by atoms with van der Waals surface area (Å²) in [5, 5.41) is 18.0. The van der Waals surface area contributed by atoms with E-state index in [-0.39, 0.29) is 12.1 Å². The van der Waals surface area contributed by atoms with Crippen molar-refractivity contribution in [2.75, 3.05) is 11.9 Å². The van der Waals surface area contributed by atoms with Crippen LogP contribution in [0.4, 0.5) is 11.6 Å². The van der Waals surface area contributed by atoms with Gasteiger partial charge in [0, 0.05) is 6.20 Å². The molecule has 1 fully saturated rings. The molecule has 0 saturated heterocycles. The highest BCUT2D eigenvalue weighted by molar-refractivity contribution is 5.82. The summed E-state index contributed by atoms with van der Waals surface area (Å²) in [6.07, 6.45) is 4.88. The van der Waals surface area contributed by atoms with E-state index in [1.54, 1.807) is 6.20 Å². The minimum atomic E-state index is -0.206. The van der Waals surface area contributed by atoms with Crippen molar-refractivity contribution >= 4 is 22.7 Å². The Morgan fingerprint density at radius 3 is 3.00 bits per heavy atom. The molecular formula is C16H20N6O2. The Balaban J connectivity index is 1.62. The molecule has 0 bridgehead atoms. The number of ether oxygens (including phenoxy) is 1. The molecule has 0 amide bonds. The van der Waals surface area contributed by atoms with Gasteiger partial charge in [-0.3, -0.25) is 4.68 Å². The molecule has 24 heavy (non-hydrogen) atoms. The van der Waals surface area contributed by atoms with Gasteiger partial charge in [0.2, 0.25) is 11.8 Å². The maximum atomic E-state index is 9.48. The molecule has 3 heterocycles. The molecule has 4 rings (SSSR count). The summed E-state index contributed by atoms with van der Waals surface area (Å²) in [5.41, 5.74) is 2.58. The zero-order chi connectivity index (χ0) is 16.7. The molecule has 0 atom stereocenters. The lowest BCUT2D eigenvalue weighted by Crippen LogP contribution is -2.31. The average molecular weight is 328 g/mol. The third-order valence-electron chi connectivity index (χ3n) is 4.39. The summed E-state index contributed by atoms with van der Waals surface area (Å²) in [5.74, 6) is 1.02. The maximum absolute atomic E-state index is 9.48. The van der Waals surface area contributed by atoms with Crippen LogP contribution in [-0.2, 0) is 0 Å². The van der Waals surface area contributed by atoms with Crippen molar-refractivity contribution in [2.45, 2.75) is 38.8 Å². The van der Waals surface area contributed by atoms with E-state index in [2.05, 4.69) is 25.4 Å². The lowest BCUT2D eigenvalue weighted by atomic mass is 9.89. The molecule has 1 aliphatic rings. The van der Waals surface area contributed by atoms with Gasteiger partial charge in [-0.1, -0.05) is 0 Å². The third-order valence-corrected chi connectivity index (χ3v) is 4.39. The zero-order valence-corrected chi connectivity index (χ0v) is 13.7. The third kappa shape index (κ3) is 2.48. The van der Waals surface area contributed by atoms with Crippen LogP contribution in [0, 0.1) is 6.92 Å². The SMILES string of the molecule is CCOc1nc(Nc2cnn(C3CC(O)C3)c2C)nc2[nH]ccc12. The molecule has 8 nitrogen and oxygen atoms in total. The van der Waals surface area contributed by atoms with E-state index in [4.69, 9.17) is 4.74 Å². The Morgan fingerprint density at radius 1 is 1.42 bits per heavy atom. The number of anilines is 2. The minimum absolute atomic E-state index is 0.206. The van der Waals surface area contributed by atoms with Crippen molar-refractivity contribution < 1.29 is 9.84 Å². The summed E-state index contributed by atoms with van der Waals surface area (Å²) >= 11 is 0. The highest BCUT2D eigenvalue weighted by Gasteiger charge is 2.30. The van der Waals surface area contributed by atoms with Crippen LogP contribution in [0.15, 0.2) is 18.5 Å². The van der Waals surface area contributed by atoms with Gasteiger partial charge >= 0.3 is 0 Å². The Morgan fingerprint density at radius 2 is 2.25 bits per heavy atom. The number of aromatic nitrogens is 5. The first-order chi connectivity index (χ1) is 11.7. The van der Waals surface area contributed by atoms with E-state index in [1.165, 1.54) is 0 Å². The fourth-order valence-corrected chi connectivity index (χ4v) is 3.01. The van der Waals surface area contributed by atoms with Crippen LogP contribution in [0.5, 0.6) is 5.88 Å². The summed E-state index contributed by atoms with van der Waals surface area (Å²) in [4.78, 5) is 12.0. The Hall–Kier alpha value is -2.61. The standard InChI is InChI=1S/C16H20N6O2/c1-3-24-15-12-4-5-17-14(12)20-16(21-15)19-13-8-18-22(9(13)2)10-6-11(23)7-10/h4-5,8,10-11,23H,3,6-7H2,1-2H3,(H2,17,19,20,21). The van der Waals surface area contributed by atoms with Crippen LogP contribution < -0.4 is 10.1 Å². The molecule has 1 aliphatic carbocycles. The van der Waals surface area contributed by atoms with E-state index < -0.39 is 0 Å². The molecule has 0 spiro atoms. The van der Waals surface area contributed by atoms with Crippen LogP contribution in [0.3, 0.4) is 0 Å². The predicted molar refractivity (Wildman–Crippen MR) is 89.6 cm³/mol. The zero-order valence-electron chi connectivity index (χ0n) is 13.7. The van der Waals surface area contributed by atoms with Crippen molar-refractivity contribution in [3.63, 3.8) is 0 Å².